The van der Waals surface area contributed by atoms with E-state index in [1.807, 2.05) is 12.3 Å². The maximum Gasteiger partial charge on any atom is 0.257 e. The second-order valence-corrected chi connectivity index (χ2v) is 8.93. The van der Waals surface area contributed by atoms with Crippen LogP contribution in [0.15, 0.2) is 34.5 Å². The molecule has 25 heavy (non-hydrogen) atoms. The molecule has 3 rings (SSSR count). The Morgan fingerprint density at radius 1 is 1.32 bits per heavy atom. The van der Waals surface area contributed by atoms with Crippen molar-refractivity contribution >= 4 is 32.4 Å². The Hall–Kier alpha value is -1.81. The van der Waals surface area contributed by atoms with Crippen LogP contribution in [0, 0.1) is 6.92 Å². The van der Waals surface area contributed by atoms with Crippen molar-refractivity contribution in [3.8, 4) is 0 Å². The topological polar surface area (TPSA) is 83.8 Å². The van der Waals surface area contributed by atoms with Gasteiger partial charge in [-0.1, -0.05) is 6.07 Å². The number of likely N-dealkylation sites (N-methyl/N-ethyl adjacent to an activating group) is 1. The van der Waals surface area contributed by atoms with E-state index in [1.165, 1.54) is 32.7 Å². The van der Waals surface area contributed by atoms with Crippen LogP contribution in [0.2, 0.25) is 0 Å². The highest BCUT2D eigenvalue weighted by Gasteiger charge is 2.29. The minimum absolute atomic E-state index is 0.148. The number of nitrogens with zero attached hydrogens (tertiary/aromatic N) is 2. The predicted octanol–water partition coefficient (Wildman–Crippen LogP) is 0.223. The van der Waals surface area contributed by atoms with Crippen molar-refractivity contribution in [1.82, 2.24) is 9.29 Å². The normalized spacial score (nSPS) is 16.7. The SMILES string of the molecule is Cc1csc(NC(=O)c2cccc(S(=O)(=O)N3CC[NH+](C)CC3)c2)n1. The summed E-state index contributed by atoms with van der Waals surface area (Å²) in [4.78, 5) is 18.0. The van der Waals surface area contributed by atoms with Gasteiger partial charge in [0.15, 0.2) is 5.13 Å². The number of thiazole rings is 1. The summed E-state index contributed by atoms with van der Waals surface area (Å²) in [5.74, 6) is -0.366. The lowest BCUT2D eigenvalue weighted by atomic mass is 10.2. The summed E-state index contributed by atoms with van der Waals surface area (Å²) in [7, 11) is -1.53. The van der Waals surface area contributed by atoms with E-state index in [1.54, 1.807) is 12.1 Å². The lowest BCUT2D eigenvalue weighted by Gasteiger charge is -2.29. The summed E-state index contributed by atoms with van der Waals surface area (Å²) >= 11 is 1.33. The molecule has 0 unspecified atom stereocenters. The van der Waals surface area contributed by atoms with Crippen molar-refractivity contribution in [3.05, 3.63) is 40.9 Å². The van der Waals surface area contributed by atoms with Crippen LogP contribution in [-0.4, -0.2) is 56.8 Å². The molecule has 0 radical (unpaired) electrons. The Morgan fingerprint density at radius 2 is 2.04 bits per heavy atom. The van der Waals surface area contributed by atoms with Gasteiger partial charge < -0.3 is 4.90 Å². The number of quaternary nitrogens is 1. The molecule has 0 spiro atoms. The highest BCUT2D eigenvalue weighted by Crippen LogP contribution is 2.19. The number of hydrogen-bond acceptors (Lipinski definition) is 5. The molecule has 2 heterocycles. The van der Waals surface area contributed by atoms with E-state index in [0.29, 0.717) is 23.8 Å². The lowest BCUT2D eigenvalue weighted by molar-refractivity contribution is -0.883. The molecule has 0 bridgehead atoms. The zero-order chi connectivity index (χ0) is 18.0. The van der Waals surface area contributed by atoms with E-state index in [-0.39, 0.29) is 10.8 Å². The van der Waals surface area contributed by atoms with E-state index >= 15 is 0 Å². The lowest BCUT2D eigenvalue weighted by Crippen LogP contribution is -3.12. The third-order valence-corrected chi connectivity index (χ3v) is 6.92. The standard InChI is InChI=1S/C16H20N4O3S2/c1-12-11-24-16(17-12)18-15(21)13-4-3-5-14(10-13)25(22,23)20-8-6-19(2)7-9-20/h3-5,10-11H,6-9H2,1-2H3,(H,17,18,21)/p+1. The van der Waals surface area contributed by atoms with Gasteiger partial charge in [-0.05, 0) is 25.1 Å². The van der Waals surface area contributed by atoms with Gasteiger partial charge in [-0.3, -0.25) is 10.1 Å². The number of sulfonamides is 1. The predicted molar refractivity (Wildman–Crippen MR) is 96.6 cm³/mol. The van der Waals surface area contributed by atoms with Crippen LogP contribution in [-0.2, 0) is 10.0 Å². The number of amides is 1. The summed E-state index contributed by atoms with van der Waals surface area (Å²) in [6.07, 6.45) is 0. The van der Waals surface area contributed by atoms with Gasteiger partial charge >= 0.3 is 0 Å². The van der Waals surface area contributed by atoms with Crippen molar-refractivity contribution < 1.29 is 18.1 Å². The number of benzene rings is 1. The van der Waals surface area contributed by atoms with Gasteiger partial charge in [0.25, 0.3) is 5.91 Å². The number of rotatable bonds is 4. The van der Waals surface area contributed by atoms with Crippen LogP contribution in [0.1, 0.15) is 16.1 Å². The van der Waals surface area contributed by atoms with Gasteiger partial charge in [-0.25, -0.2) is 13.4 Å². The van der Waals surface area contributed by atoms with Gasteiger partial charge in [0.1, 0.15) is 0 Å². The fourth-order valence-corrected chi connectivity index (χ4v) is 4.81. The molecule has 9 heteroatoms. The van der Waals surface area contributed by atoms with Crippen molar-refractivity contribution in [2.75, 3.05) is 38.5 Å². The van der Waals surface area contributed by atoms with Gasteiger partial charge in [-0.2, -0.15) is 4.31 Å². The van der Waals surface area contributed by atoms with E-state index in [2.05, 4.69) is 17.3 Å². The first kappa shape index (κ1) is 18.0. The second-order valence-electron chi connectivity index (χ2n) is 6.14. The number of carbonyl (C=O) groups is 1. The molecule has 0 saturated carbocycles. The Morgan fingerprint density at radius 3 is 2.68 bits per heavy atom. The van der Waals surface area contributed by atoms with E-state index in [9.17, 15) is 13.2 Å². The van der Waals surface area contributed by atoms with Gasteiger partial charge in [0.05, 0.1) is 43.8 Å². The summed E-state index contributed by atoms with van der Waals surface area (Å²) in [5.41, 5.74) is 1.13. The van der Waals surface area contributed by atoms with Gasteiger partial charge in [0.2, 0.25) is 10.0 Å². The summed E-state index contributed by atoms with van der Waals surface area (Å²) in [6.45, 7) is 4.38. The molecule has 2 aromatic rings. The van der Waals surface area contributed by atoms with Crippen molar-refractivity contribution in [2.45, 2.75) is 11.8 Å². The highest BCUT2D eigenvalue weighted by atomic mass is 32.2. The van der Waals surface area contributed by atoms with E-state index in [0.717, 1.165) is 18.8 Å². The number of aryl methyl sites for hydroxylation is 1. The van der Waals surface area contributed by atoms with Crippen LogP contribution in [0.4, 0.5) is 5.13 Å². The summed E-state index contributed by atoms with van der Waals surface area (Å²) in [6, 6.07) is 6.15. The molecule has 2 N–H and O–H groups in total. The first-order valence-corrected chi connectivity index (χ1v) is 10.3. The van der Waals surface area contributed by atoms with Crippen molar-refractivity contribution in [2.24, 2.45) is 0 Å². The Labute approximate surface area is 151 Å². The number of hydrogen-bond donors (Lipinski definition) is 2. The number of aromatic nitrogens is 1. The summed E-state index contributed by atoms with van der Waals surface area (Å²) < 4.78 is 27.1. The van der Waals surface area contributed by atoms with Crippen molar-refractivity contribution in [1.29, 1.82) is 0 Å². The number of piperazine rings is 1. The number of nitrogens with one attached hydrogen (secondary N) is 2. The molecule has 134 valence electrons. The maximum atomic E-state index is 12.8. The van der Waals surface area contributed by atoms with Crippen LogP contribution in [0.3, 0.4) is 0 Å². The minimum Gasteiger partial charge on any atom is -0.335 e. The quantitative estimate of drug-likeness (QED) is 0.794. The molecule has 1 fully saturated rings. The largest absolute Gasteiger partial charge is 0.335 e. The van der Waals surface area contributed by atoms with Crippen LogP contribution < -0.4 is 10.2 Å². The van der Waals surface area contributed by atoms with Crippen LogP contribution in [0.5, 0.6) is 0 Å². The molecule has 1 amide bonds. The van der Waals surface area contributed by atoms with E-state index < -0.39 is 10.0 Å². The smallest absolute Gasteiger partial charge is 0.257 e. The zero-order valence-corrected chi connectivity index (χ0v) is 15.8. The monoisotopic (exact) mass is 381 g/mol. The molecule has 0 atom stereocenters. The molecule has 0 aliphatic carbocycles. The Balaban J connectivity index is 1.79. The zero-order valence-electron chi connectivity index (χ0n) is 14.2. The van der Waals surface area contributed by atoms with Gasteiger partial charge in [-0.15, -0.1) is 11.3 Å². The molecule has 1 aliphatic rings. The fourth-order valence-electron chi connectivity index (χ4n) is 2.64. The van der Waals surface area contributed by atoms with Crippen LogP contribution >= 0.6 is 11.3 Å². The average molecular weight is 382 g/mol. The fraction of sp³-hybridized carbons (Fsp3) is 0.375. The third-order valence-electron chi connectivity index (χ3n) is 4.15. The summed E-state index contributed by atoms with van der Waals surface area (Å²) in [5, 5.41) is 5.04. The highest BCUT2D eigenvalue weighted by molar-refractivity contribution is 7.89. The average Bonchev–Trinajstić information content (AvgIpc) is 3.00. The molecule has 1 aromatic carbocycles. The second kappa shape index (κ2) is 7.20. The maximum absolute atomic E-state index is 12.8. The molecule has 7 nitrogen and oxygen atoms in total. The minimum atomic E-state index is -3.58. The molecule has 1 aromatic heterocycles. The van der Waals surface area contributed by atoms with Gasteiger partial charge in [0, 0.05) is 10.9 Å². The first-order chi connectivity index (χ1) is 11.9. The molecule has 1 aliphatic heterocycles. The number of carbonyl (C=O) groups excluding carboxylic acids is 1. The number of anilines is 1. The van der Waals surface area contributed by atoms with Crippen molar-refractivity contribution in [3.63, 3.8) is 0 Å². The Kier molecular flexibility index (Phi) is 5.19. The molecule has 1 saturated heterocycles. The molecular weight excluding hydrogens is 360 g/mol. The Bertz CT molecular complexity index is 871. The van der Waals surface area contributed by atoms with E-state index in [4.69, 9.17) is 0 Å². The van der Waals surface area contributed by atoms with Crippen LogP contribution in [0.25, 0.3) is 0 Å². The molecular formula is C16H21N4O3S2+. The first-order valence-electron chi connectivity index (χ1n) is 8.01. The third kappa shape index (κ3) is 4.06.